The smallest absolute Gasteiger partial charge is 0.173 e. The highest BCUT2D eigenvalue weighted by Gasteiger charge is 2.29. The molecule has 2 fully saturated rings. The van der Waals surface area contributed by atoms with E-state index < -0.39 is 0 Å². The Morgan fingerprint density at radius 2 is 1.83 bits per heavy atom. The molecule has 1 aromatic carbocycles. The quantitative estimate of drug-likeness (QED) is 0.838. The standard InChI is InChI=1S/C19H29N3OS/c1-21(16-7-3-4-8-16)17-10-12-22(13-11-17)19(24)20-15-6-5-9-18(14-15)23-2/h5-6,9,14,16-17H,3-4,7-8,10-13H2,1-2H3,(H,20,24). The lowest BCUT2D eigenvalue weighted by Crippen LogP contribution is -2.48. The van der Waals surface area contributed by atoms with E-state index in [2.05, 4.69) is 22.2 Å². The van der Waals surface area contributed by atoms with E-state index in [-0.39, 0.29) is 0 Å². The fourth-order valence-corrected chi connectivity index (χ4v) is 4.29. The molecule has 3 rings (SSSR count). The van der Waals surface area contributed by atoms with E-state index >= 15 is 0 Å². The van der Waals surface area contributed by atoms with Gasteiger partial charge in [-0.15, -0.1) is 0 Å². The minimum Gasteiger partial charge on any atom is -0.497 e. The highest BCUT2D eigenvalue weighted by atomic mass is 32.1. The van der Waals surface area contributed by atoms with Crippen molar-refractivity contribution < 1.29 is 4.74 Å². The number of methoxy groups -OCH3 is 1. The molecule has 1 N–H and O–H groups in total. The number of anilines is 1. The zero-order valence-corrected chi connectivity index (χ0v) is 15.6. The van der Waals surface area contributed by atoms with E-state index in [1.54, 1.807) is 7.11 Å². The third-order valence-corrected chi connectivity index (χ3v) is 5.91. The first kappa shape index (κ1) is 17.5. The van der Waals surface area contributed by atoms with Gasteiger partial charge in [-0.05, 0) is 57.1 Å². The molecule has 0 aromatic heterocycles. The molecule has 1 heterocycles. The van der Waals surface area contributed by atoms with Crippen LogP contribution in [0.2, 0.25) is 0 Å². The molecule has 1 saturated heterocycles. The number of ether oxygens (including phenoxy) is 1. The van der Waals surface area contributed by atoms with Gasteiger partial charge in [0.25, 0.3) is 0 Å². The van der Waals surface area contributed by atoms with Crippen LogP contribution in [-0.4, -0.2) is 54.2 Å². The zero-order valence-electron chi connectivity index (χ0n) is 14.8. The molecule has 24 heavy (non-hydrogen) atoms. The Labute approximate surface area is 151 Å². The monoisotopic (exact) mass is 347 g/mol. The van der Waals surface area contributed by atoms with Crippen molar-refractivity contribution in [3.05, 3.63) is 24.3 Å². The van der Waals surface area contributed by atoms with E-state index in [9.17, 15) is 0 Å². The van der Waals surface area contributed by atoms with Crippen LogP contribution in [0.5, 0.6) is 5.75 Å². The molecule has 0 amide bonds. The third-order valence-electron chi connectivity index (χ3n) is 5.55. The summed E-state index contributed by atoms with van der Waals surface area (Å²) in [6, 6.07) is 9.44. The topological polar surface area (TPSA) is 27.7 Å². The normalized spacial score (nSPS) is 19.7. The van der Waals surface area contributed by atoms with Gasteiger partial charge in [-0.3, -0.25) is 0 Å². The molecular weight excluding hydrogens is 318 g/mol. The van der Waals surface area contributed by atoms with Gasteiger partial charge in [0.2, 0.25) is 0 Å². The highest BCUT2D eigenvalue weighted by Crippen LogP contribution is 2.27. The Hall–Kier alpha value is -1.33. The molecule has 0 bridgehead atoms. The summed E-state index contributed by atoms with van der Waals surface area (Å²) in [6.45, 7) is 2.08. The minimum absolute atomic E-state index is 0.712. The van der Waals surface area contributed by atoms with Crippen LogP contribution in [0.4, 0.5) is 5.69 Å². The van der Waals surface area contributed by atoms with Gasteiger partial charge in [0, 0.05) is 36.9 Å². The van der Waals surface area contributed by atoms with Crippen molar-refractivity contribution in [2.75, 3.05) is 32.6 Å². The van der Waals surface area contributed by atoms with E-state index in [1.807, 2.05) is 24.3 Å². The fourth-order valence-electron chi connectivity index (χ4n) is 3.99. The van der Waals surface area contributed by atoms with Crippen LogP contribution < -0.4 is 10.1 Å². The van der Waals surface area contributed by atoms with Crippen molar-refractivity contribution in [1.29, 1.82) is 0 Å². The SMILES string of the molecule is COc1cccc(NC(=S)N2CCC(N(C)C3CCCC3)CC2)c1. The molecule has 5 heteroatoms. The lowest BCUT2D eigenvalue weighted by Gasteiger charge is -2.40. The first-order valence-electron chi connectivity index (χ1n) is 9.09. The fraction of sp³-hybridized carbons (Fsp3) is 0.632. The van der Waals surface area contributed by atoms with Crippen LogP contribution in [0.1, 0.15) is 38.5 Å². The van der Waals surface area contributed by atoms with Crippen molar-refractivity contribution in [3.63, 3.8) is 0 Å². The number of rotatable bonds is 4. The number of piperidine rings is 1. The molecule has 0 spiro atoms. The van der Waals surface area contributed by atoms with Gasteiger partial charge in [0.1, 0.15) is 5.75 Å². The Morgan fingerprint density at radius 3 is 2.50 bits per heavy atom. The van der Waals surface area contributed by atoms with E-state index in [1.165, 1.54) is 38.5 Å². The second kappa shape index (κ2) is 8.17. The number of nitrogens with one attached hydrogen (secondary N) is 1. The van der Waals surface area contributed by atoms with Gasteiger partial charge in [0.05, 0.1) is 7.11 Å². The highest BCUT2D eigenvalue weighted by molar-refractivity contribution is 7.80. The van der Waals surface area contributed by atoms with Crippen LogP contribution in [0.25, 0.3) is 0 Å². The molecular formula is C19H29N3OS. The van der Waals surface area contributed by atoms with Crippen LogP contribution >= 0.6 is 12.2 Å². The Balaban J connectivity index is 1.49. The summed E-state index contributed by atoms with van der Waals surface area (Å²) in [5, 5.41) is 4.17. The number of likely N-dealkylation sites (tertiary alicyclic amines) is 1. The van der Waals surface area contributed by atoms with Crippen molar-refractivity contribution in [2.45, 2.75) is 50.6 Å². The van der Waals surface area contributed by atoms with Crippen LogP contribution in [0.3, 0.4) is 0 Å². The molecule has 132 valence electrons. The molecule has 1 aromatic rings. The number of hydrogen-bond acceptors (Lipinski definition) is 3. The van der Waals surface area contributed by atoms with Crippen LogP contribution in [0.15, 0.2) is 24.3 Å². The largest absolute Gasteiger partial charge is 0.497 e. The molecule has 0 atom stereocenters. The molecule has 4 nitrogen and oxygen atoms in total. The van der Waals surface area contributed by atoms with Gasteiger partial charge >= 0.3 is 0 Å². The van der Waals surface area contributed by atoms with E-state index in [0.717, 1.165) is 35.7 Å². The predicted octanol–water partition coefficient (Wildman–Crippen LogP) is 3.73. The average Bonchev–Trinajstić information content (AvgIpc) is 3.16. The second-order valence-electron chi connectivity index (χ2n) is 6.98. The molecule has 2 aliphatic rings. The molecule has 1 aliphatic heterocycles. The van der Waals surface area contributed by atoms with Gasteiger partial charge in [-0.1, -0.05) is 18.9 Å². The summed E-state index contributed by atoms with van der Waals surface area (Å²) in [5.41, 5.74) is 0.990. The first-order valence-corrected chi connectivity index (χ1v) is 9.50. The molecule has 0 unspecified atom stereocenters. The average molecular weight is 348 g/mol. The van der Waals surface area contributed by atoms with Crippen molar-refractivity contribution in [3.8, 4) is 5.75 Å². The maximum Gasteiger partial charge on any atom is 0.173 e. The Morgan fingerprint density at radius 1 is 1.17 bits per heavy atom. The minimum atomic E-state index is 0.712. The summed E-state index contributed by atoms with van der Waals surface area (Å²) in [4.78, 5) is 4.94. The predicted molar refractivity (Wildman–Crippen MR) is 104 cm³/mol. The van der Waals surface area contributed by atoms with Gasteiger partial charge in [-0.25, -0.2) is 0 Å². The summed E-state index contributed by atoms with van der Waals surface area (Å²) < 4.78 is 5.27. The Kier molecular flexibility index (Phi) is 5.95. The van der Waals surface area contributed by atoms with Crippen molar-refractivity contribution in [1.82, 2.24) is 9.80 Å². The lowest BCUT2D eigenvalue weighted by molar-refractivity contribution is 0.122. The molecule has 1 saturated carbocycles. The van der Waals surface area contributed by atoms with Crippen LogP contribution in [0, 0.1) is 0 Å². The number of nitrogens with zero attached hydrogens (tertiary/aromatic N) is 2. The lowest BCUT2D eigenvalue weighted by atomic mass is 10.0. The van der Waals surface area contributed by atoms with E-state index in [4.69, 9.17) is 17.0 Å². The number of thiocarbonyl (C=S) groups is 1. The van der Waals surface area contributed by atoms with Gasteiger partial charge in [0.15, 0.2) is 5.11 Å². The molecule has 0 radical (unpaired) electrons. The maximum absolute atomic E-state index is 5.61. The molecule has 1 aliphatic carbocycles. The summed E-state index contributed by atoms with van der Waals surface area (Å²) >= 11 is 5.61. The zero-order chi connectivity index (χ0) is 16.9. The van der Waals surface area contributed by atoms with E-state index in [0.29, 0.717) is 6.04 Å². The van der Waals surface area contributed by atoms with Crippen LogP contribution in [-0.2, 0) is 0 Å². The van der Waals surface area contributed by atoms with Gasteiger partial charge < -0.3 is 19.9 Å². The number of hydrogen-bond donors (Lipinski definition) is 1. The van der Waals surface area contributed by atoms with Crippen molar-refractivity contribution in [2.24, 2.45) is 0 Å². The number of benzene rings is 1. The maximum atomic E-state index is 5.61. The van der Waals surface area contributed by atoms with Gasteiger partial charge in [-0.2, -0.15) is 0 Å². The first-order chi connectivity index (χ1) is 11.7. The van der Waals surface area contributed by atoms with Crippen molar-refractivity contribution >= 4 is 23.0 Å². The third kappa shape index (κ3) is 4.19. The summed E-state index contributed by atoms with van der Waals surface area (Å²) in [7, 11) is 4.01. The Bertz CT molecular complexity index is 551. The second-order valence-corrected chi connectivity index (χ2v) is 7.37. The summed E-state index contributed by atoms with van der Waals surface area (Å²) in [6.07, 6.45) is 7.98. The summed E-state index contributed by atoms with van der Waals surface area (Å²) in [5.74, 6) is 0.847.